The number of carbonyl (C=O) groups is 1. The summed E-state index contributed by atoms with van der Waals surface area (Å²) < 4.78 is 10.2. The summed E-state index contributed by atoms with van der Waals surface area (Å²) in [5.41, 5.74) is -1.26. The van der Waals surface area contributed by atoms with Crippen LogP contribution in [0.3, 0.4) is 0 Å². The lowest BCUT2D eigenvalue weighted by Gasteiger charge is -2.20. The number of nitro groups is 1. The van der Waals surface area contributed by atoms with Crippen LogP contribution in [-0.4, -0.2) is 41.8 Å². The Hall–Kier alpha value is -3.43. The van der Waals surface area contributed by atoms with Crippen LogP contribution in [0.4, 0.5) is 0 Å². The Morgan fingerprint density at radius 3 is 2.36 bits per heavy atom. The van der Waals surface area contributed by atoms with Gasteiger partial charge >= 0.3 is 5.97 Å². The molecule has 0 bridgehead atoms. The molecule has 10 heteroatoms. The number of benzene rings is 2. The monoisotopic (exact) mass is 392 g/mol. The minimum atomic E-state index is -1.93. The zero-order chi connectivity index (χ0) is 20.9. The van der Waals surface area contributed by atoms with Gasteiger partial charge in [-0.1, -0.05) is 24.3 Å². The van der Waals surface area contributed by atoms with E-state index in [4.69, 9.17) is 9.47 Å². The van der Waals surface area contributed by atoms with Gasteiger partial charge in [-0.25, -0.2) is 0 Å². The average molecular weight is 392 g/mol. The number of hydrogen-bond donors (Lipinski definition) is 0. The summed E-state index contributed by atoms with van der Waals surface area (Å²) in [4.78, 5) is 37.2. The lowest BCUT2D eigenvalue weighted by atomic mass is 9.97. The van der Waals surface area contributed by atoms with E-state index in [9.17, 15) is 25.0 Å². The molecule has 2 atom stereocenters. The zero-order valence-electron chi connectivity index (χ0n) is 15.6. The molecular weight excluding hydrogens is 372 g/mol. The highest BCUT2D eigenvalue weighted by Gasteiger charge is 2.41. The molecule has 2 aromatic carbocycles. The van der Waals surface area contributed by atoms with Crippen molar-refractivity contribution in [3.05, 3.63) is 62.2 Å². The summed E-state index contributed by atoms with van der Waals surface area (Å²) in [6.07, 6.45) is 0. The fourth-order valence-corrected chi connectivity index (χ4v) is 2.47. The van der Waals surface area contributed by atoms with Crippen LogP contribution in [0.5, 0.6) is 5.75 Å². The Kier molecular flexibility index (Phi) is 6.34. The third-order valence-electron chi connectivity index (χ3n) is 4.37. The van der Waals surface area contributed by atoms with E-state index in [0.717, 1.165) is 17.7 Å². The molecule has 1 unspecified atom stereocenters. The molecule has 2 rings (SSSR count). The van der Waals surface area contributed by atoms with Gasteiger partial charge in [0.1, 0.15) is 5.75 Å². The Balaban J connectivity index is 2.09. The number of ether oxygens (including phenoxy) is 2. The van der Waals surface area contributed by atoms with Crippen LogP contribution < -0.4 is 4.74 Å². The quantitative estimate of drug-likeness (QED) is 0.361. The average Bonchev–Trinajstić information content (AvgIpc) is 2.68. The van der Waals surface area contributed by atoms with Gasteiger partial charge in [-0.2, -0.15) is 0 Å². The first-order valence-electron chi connectivity index (χ1n) is 8.32. The zero-order valence-corrected chi connectivity index (χ0v) is 15.6. The molecule has 0 aliphatic heterocycles. The van der Waals surface area contributed by atoms with Gasteiger partial charge in [-0.3, -0.25) is 14.9 Å². The topological polar surface area (TPSA) is 131 Å². The van der Waals surface area contributed by atoms with Crippen LogP contribution in [0.25, 0.3) is 10.8 Å². The summed E-state index contributed by atoms with van der Waals surface area (Å²) in [5, 5.41) is 22.2. The van der Waals surface area contributed by atoms with Gasteiger partial charge in [0.05, 0.1) is 13.0 Å². The lowest BCUT2D eigenvalue weighted by molar-refractivity contribution is -0.770. The van der Waals surface area contributed by atoms with E-state index in [1.54, 1.807) is 26.2 Å². The van der Waals surface area contributed by atoms with Crippen LogP contribution in [0.2, 0.25) is 0 Å². The molecule has 0 amide bonds. The number of fused-ring (bicyclic) bond motifs is 1. The second-order valence-electron chi connectivity index (χ2n) is 6.55. The lowest BCUT2D eigenvalue weighted by Crippen LogP contribution is -2.45. The van der Waals surface area contributed by atoms with E-state index in [1.807, 2.05) is 24.3 Å². The molecule has 0 aliphatic rings. The molecule has 0 spiro atoms. The van der Waals surface area contributed by atoms with Gasteiger partial charge in [0.25, 0.3) is 10.6 Å². The molecule has 0 saturated heterocycles. The largest absolute Gasteiger partial charge is 0.497 e. The van der Waals surface area contributed by atoms with Gasteiger partial charge in [-0.05, 0) is 35.4 Å². The van der Waals surface area contributed by atoms with E-state index in [1.165, 1.54) is 0 Å². The third-order valence-corrected chi connectivity index (χ3v) is 4.37. The highest BCUT2D eigenvalue weighted by molar-refractivity contribution is 5.86. The van der Waals surface area contributed by atoms with Crippen molar-refractivity contribution in [3.8, 4) is 5.75 Å². The molecule has 2 aromatic rings. The maximum absolute atomic E-state index is 12.3. The molecule has 0 heterocycles. The predicted octanol–water partition coefficient (Wildman–Crippen LogP) is 2.74. The second kappa shape index (κ2) is 8.51. The number of esters is 1. The highest BCUT2D eigenvalue weighted by Crippen LogP contribution is 2.26. The minimum absolute atomic E-state index is 0.651. The van der Waals surface area contributed by atoms with E-state index < -0.39 is 40.6 Å². The van der Waals surface area contributed by atoms with Crippen molar-refractivity contribution in [2.24, 2.45) is 0 Å². The maximum Gasteiger partial charge on any atom is 0.313 e. The standard InChI is InChI=1S/C18H20N2O8/c1-12(13-4-5-15-9-16(26-3)7-6-14(15)8-13)17(21)27-10-18(2,19(22)23)11-28-20(24)25/h4-9,12H,10-11H2,1-3H3/t12-,18?/m0/s1. The van der Waals surface area contributed by atoms with E-state index in [-0.39, 0.29) is 0 Å². The fraction of sp³-hybridized carbons (Fsp3) is 0.389. The van der Waals surface area contributed by atoms with Crippen molar-refractivity contribution >= 4 is 16.7 Å². The summed E-state index contributed by atoms with van der Waals surface area (Å²) in [7, 11) is 1.57. The summed E-state index contributed by atoms with van der Waals surface area (Å²) >= 11 is 0. The SMILES string of the molecule is COc1ccc2cc([C@H](C)C(=O)OCC(C)(CO[N+](=O)[O-])[N+](=O)[O-])ccc2c1. The molecule has 150 valence electrons. The summed E-state index contributed by atoms with van der Waals surface area (Å²) in [6.45, 7) is 1.25. The second-order valence-corrected chi connectivity index (χ2v) is 6.55. The van der Waals surface area contributed by atoms with Gasteiger partial charge in [0.15, 0.2) is 13.2 Å². The van der Waals surface area contributed by atoms with E-state index in [0.29, 0.717) is 11.3 Å². The first kappa shape index (κ1) is 20.9. The Morgan fingerprint density at radius 2 is 1.75 bits per heavy atom. The van der Waals surface area contributed by atoms with Crippen LogP contribution in [-0.2, 0) is 14.4 Å². The number of carbonyl (C=O) groups excluding carboxylic acids is 1. The van der Waals surface area contributed by atoms with Crippen molar-refractivity contribution < 1.29 is 29.1 Å². The smallest absolute Gasteiger partial charge is 0.313 e. The molecular formula is C18H20N2O8. The molecule has 28 heavy (non-hydrogen) atoms. The molecule has 0 aliphatic carbocycles. The Bertz CT molecular complexity index is 900. The number of rotatable bonds is 9. The summed E-state index contributed by atoms with van der Waals surface area (Å²) in [5.74, 6) is -0.648. The van der Waals surface area contributed by atoms with Crippen molar-refractivity contribution in [2.75, 3.05) is 20.3 Å². The van der Waals surface area contributed by atoms with Crippen LogP contribution in [0.1, 0.15) is 25.3 Å². The van der Waals surface area contributed by atoms with Crippen LogP contribution in [0.15, 0.2) is 36.4 Å². The predicted molar refractivity (Wildman–Crippen MR) is 98.2 cm³/mol. The van der Waals surface area contributed by atoms with Crippen molar-refractivity contribution in [1.82, 2.24) is 0 Å². The minimum Gasteiger partial charge on any atom is -0.497 e. The van der Waals surface area contributed by atoms with Gasteiger partial charge in [0.2, 0.25) is 0 Å². The maximum atomic E-state index is 12.3. The molecule has 0 N–H and O–H groups in total. The van der Waals surface area contributed by atoms with Gasteiger partial charge in [-0.15, -0.1) is 10.1 Å². The van der Waals surface area contributed by atoms with Crippen LogP contribution in [0, 0.1) is 20.2 Å². The molecule has 0 aromatic heterocycles. The highest BCUT2D eigenvalue weighted by atomic mass is 17.0. The third kappa shape index (κ3) is 4.84. The van der Waals surface area contributed by atoms with Gasteiger partial charge < -0.3 is 14.3 Å². The van der Waals surface area contributed by atoms with Crippen molar-refractivity contribution in [1.29, 1.82) is 0 Å². The molecule has 0 radical (unpaired) electrons. The Labute approximate surface area is 160 Å². The number of methoxy groups -OCH3 is 1. The molecule has 0 saturated carbocycles. The van der Waals surface area contributed by atoms with Crippen molar-refractivity contribution in [3.63, 3.8) is 0 Å². The van der Waals surface area contributed by atoms with E-state index in [2.05, 4.69) is 4.84 Å². The molecule has 10 nitrogen and oxygen atoms in total. The molecule has 0 fully saturated rings. The normalized spacial score (nSPS) is 14.0. The number of nitrogens with zero attached hydrogens (tertiary/aromatic N) is 2. The first-order valence-corrected chi connectivity index (χ1v) is 8.32. The number of hydrogen-bond acceptors (Lipinski definition) is 8. The summed E-state index contributed by atoms with van der Waals surface area (Å²) in [6, 6.07) is 10.9. The Morgan fingerprint density at radius 1 is 1.11 bits per heavy atom. The van der Waals surface area contributed by atoms with Crippen LogP contribution >= 0.6 is 0 Å². The fourth-order valence-electron chi connectivity index (χ4n) is 2.47. The van der Waals surface area contributed by atoms with Crippen molar-refractivity contribution in [2.45, 2.75) is 25.3 Å². The van der Waals surface area contributed by atoms with E-state index >= 15 is 0 Å². The first-order chi connectivity index (χ1) is 13.2. The van der Waals surface area contributed by atoms with Gasteiger partial charge in [0, 0.05) is 11.8 Å².